The zero-order valence-corrected chi connectivity index (χ0v) is 16.7. The molecule has 2 rings (SSSR count). The molecule has 2 atom stereocenters. The second kappa shape index (κ2) is 8.24. The summed E-state index contributed by atoms with van der Waals surface area (Å²) in [7, 11) is -1.73. The van der Waals surface area contributed by atoms with Gasteiger partial charge in [0.1, 0.15) is 0 Å². The van der Waals surface area contributed by atoms with E-state index in [1.165, 1.54) is 0 Å². The molecule has 1 aliphatic heterocycles. The second-order valence-electron chi connectivity index (χ2n) is 6.93. The van der Waals surface area contributed by atoms with Gasteiger partial charge in [-0.15, -0.1) is 0 Å². The number of hydrogen-bond acceptors (Lipinski definition) is 5. The van der Waals surface area contributed by atoms with E-state index in [9.17, 15) is 13.2 Å². The molecule has 0 spiro atoms. The molecular formula is C17H28N4O4S. The highest BCUT2D eigenvalue weighted by molar-refractivity contribution is 7.92. The molecule has 0 aliphatic carbocycles. The first-order valence-electron chi connectivity index (χ1n) is 8.52. The van der Waals surface area contributed by atoms with Gasteiger partial charge in [0.25, 0.3) is 0 Å². The molecule has 1 aromatic carbocycles. The lowest BCUT2D eigenvalue weighted by Crippen LogP contribution is -2.45. The van der Waals surface area contributed by atoms with Crippen molar-refractivity contribution in [3.8, 4) is 0 Å². The Morgan fingerprint density at radius 2 is 2.00 bits per heavy atom. The highest BCUT2D eigenvalue weighted by Crippen LogP contribution is 2.21. The minimum Gasteiger partial charge on any atom is -0.378 e. The summed E-state index contributed by atoms with van der Waals surface area (Å²) in [6.45, 7) is 7.55. The number of benzene rings is 1. The number of nitrogens with zero attached hydrogens (tertiary/aromatic N) is 1. The van der Waals surface area contributed by atoms with Gasteiger partial charge in [-0.1, -0.05) is 6.07 Å². The minimum absolute atomic E-state index is 0.0671. The maximum atomic E-state index is 12.4. The molecular weight excluding hydrogens is 356 g/mol. The summed E-state index contributed by atoms with van der Waals surface area (Å²) in [6.07, 6.45) is 1.01. The normalized spacial score (nSPS) is 21.0. The third kappa shape index (κ3) is 5.58. The largest absolute Gasteiger partial charge is 0.378 e. The van der Waals surface area contributed by atoms with Gasteiger partial charge in [0.15, 0.2) is 0 Å². The number of methoxy groups -OCH3 is 1. The van der Waals surface area contributed by atoms with Crippen LogP contribution in [0.25, 0.3) is 0 Å². The van der Waals surface area contributed by atoms with Crippen LogP contribution in [0.1, 0.15) is 19.4 Å². The van der Waals surface area contributed by atoms with Crippen LogP contribution >= 0.6 is 0 Å². The van der Waals surface area contributed by atoms with Gasteiger partial charge >= 0.3 is 6.03 Å². The van der Waals surface area contributed by atoms with E-state index in [1.54, 1.807) is 25.3 Å². The van der Waals surface area contributed by atoms with Crippen molar-refractivity contribution >= 4 is 27.4 Å². The van der Waals surface area contributed by atoms with Crippen molar-refractivity contribution in [3.05, 3.63) is 23.8 Å². The van der Waals surface area contributed by atoms with Crippen LogP contribution in [0.2, 0.25) is 0 Å². The Kier molecular flexibility index (Phi) is 6.48. The summed E-state index contributed by atoms with van der Waals surface area (Å²) in [5.74, 6) is 0. The van der Waals surface area contributed by atoms with Gasteiger partial charge in [-0.25, -0.2) is 13.2 Å². The Morgan fingerprint density at radius 1 is 1.31 bits per heavy atom. The highest BCUT2D eigenvalue weighted by Gasteiger charge is 2.35. The Balaban J connectivity index is 2.04. The molecule has 0 saturated carbocycles. The first kappa shape index (κ1) is 20.5. The standard InChI is InChI=1S/C17H28N4O4S/c1-11(2)21-9-15(16(10-21)25-4)19-17(22)18-14-8-13(7-6-12(14)3)20-26(5,23)24/h6-8,11,15-16,20H,9-10H2,1-5H3,(H2,18,19,22)/t15-,16-/m0/s1. The molecule has 3 N–H and O–H groups in total. The molecule has 0 bridgehead atoms. The lowest BCUT2D eigenvalue weighted by molar-refractivity contribution is 0.0896. The van der Waals surface area contributed by atoms with E-state index in [0.717, 1.165) is 24.9 Å². The summed E-state index contributed by atoms with van der Waals surface area (Å²) in [5.41, 5.74) is 1.77. The number of carbonyl (C=O) groups is 1. The van der Waals surface area contributed by atoms with Crippen LogP contribution in [-0.2, 0) is 14.8 Å². The van der Waals surface area contributed by atoms with Crippen molar-refractivity contribution < 1.29 is 17.9 Å². The topological polar surface area (TPSA) is 99.8 Å². The van der Waals surface area contributed by atoms with Gasteiger partial charge in [-0.05, 0) is 38.5 Å². The van der Waals surface area contributed by atoms with Crippen LogP contribution in [0.4, 0.5) is 16.2 Å². The molecule has 9 heteroatoms. The minimum atomic E-state index is -3.38. The average molecular weight is 385 g/mol. The van der Waals surface area contributed by atoms with Crippen LogP contribution < -0.4 is 15.4 Å². The van der Waals surface area contributed by atoms with Crippen molar-refractivity contribution in [1.82, 2.24) is 10.2 Å². The number of likely N-dealkylation sites (tertiary alicyclic amines) is 1. The van der Waals surface area contributed by atoms with Gasteiger partial charge < -0.3 is 15.4 Å². The molecule has 146 valence electrons. The Morgan fingerprint density at radius 3 is 2.58 bits per heavy atom. The first-order chi connectivity index (χ1) is 12.1. The smallest absolute Gasteiger partial charge is 0.319 e. The SMILES string of the molecule is CO[C@H]1CN(C(C)C)C[C@@H]1NC(=O)Nc1cc(NS(C)(=O)=O)ccc1C. The number of aryl methyl sites for hydroxylation is 1. The molecule has 1 heterocycles. The van der Waals surface area contributed by atoms with Crippen LogP contribution in [0.3, 0.4) is 0 Å². The van der Waals surface area contributed by atoms with Crippen LogP contribution in [0, 0.1) is 6.92 Å². The predicted octanol–water partition coefficient (Wildman–Crippen LogP) is 1.60. The lowest BCUT2D eigenvalue weighted by Gasteiger charge is -2.20. The van der Waals surface area contributed by atoms with Gasteiger partial charge in [-0.2, -0.15) is 0 Å². The molecule has 1 aliphatic rings. The predicted molar refractivity (Wildman–Crippen MR) is 103 cm³/mol. The summed E-state index contributed by atoms with van der Waals surface area (Å²) in [5, 5.41) is 5.75. The Bertz CT molecular complexity index is 751. The van der Waals surface area contributed by atoms with Crippen LogP contribution in [-0.4, -0.2) is 64.0 Å². The van der Waals surface area contributed by atoms with Crippen molar-refractivity contribution in [1.29, 1.82) is 0 Å². The summed E-state index contributed by atoms with van der Waals surface area (Å²) in [6, 6.07) is 4.92. The number of amides is 2. The van der Waals surface area contributed by atoms with E-state index < -0.39 is 10.0 Å². The van der Waals surface area contributed by atoms with Gasteiger partial charge in [0, 0.05) is 31.9 Å². The monoisotopic (exact) mass is 384 g/mol. The number of nitrogens with one attached hydrogen (secondary N) is 3. The van der Waals surface area contributed by atoms with Crippen molar-refractivity contribution in [2.24, 2.45) is 0 Å². The number of ether oxygens (including phenoxy) is 1. The molecule has 2 amide bonds. The fraction of sp³-hybridized carbons (Fsp3) is 0.588. The zero-order chi connectivity index (χ0) is 19.5. The molecule has 1 aromatic rings. The van der Waals surface area contributed by atoms with E-state index in [2.05, 4.69) is 34.1 Å². The summed E-state index contributed by atoms with van der Waals surface area (Å²) < 4.78 is 30.6. The molecule has 0 radical (unpaired) electrons. The number of rotatable bonds is 6. The zero-order valence-electron chi connectivity index (χ0n) is 15.9. The Hall–Kier alpha value is -1.84. The third-order valence-electron chi connectivity index (χ3n) is 4.43. The average Bonchev–Trinajstić information content (AvgIpc) is 2.92. The molecule has 8 nitrogen and oxygen atoms in total. The lowest BCUT2D eigenvalue weighted by atomic mass is 10.2. The van der Waals surface area contributed by atoms with E-state index in [4.69, 9.17) is 4.74 Å². The highest BCUT2D eigenvalue weighted by atomic mass is 32.2. The van der Waals surface area contributed by atoms with Crippen molar-refractivity contribution in [2.45, 2.75) is 39.0 Å². The first-order valence-corrected chi connectivity index (χ1v) is 10.4. The molecule has 0 aromatic heterocycles. The number of anilines is 2. The molecule has 1 fully saturated rings. The fourth-order valence-electron chi connectivity index (χ4n) is 2.96. The maximum Gasteiger partial charge on any atom is 0.319 e. The van der Waals surface area contributed by atoms with E-state index in [1.807, 2.05) is 6.92 Å². The van der Waals surface area contributed by atoms with Crippen LogP contribution in [0.5, 0.6) is 0 Å². The number of sulfonamides is 1. The van der Waals surface area contributed by atoms with Crippen molar-refractivity contribution in [2.75, 3.05) is 36.5 Å². The molecule has 1 saturated heterocycles. The van der Waals surface area contributed by atoms with E-state index in [0.29, 0.717) is 17.4 Å². The summed E-state index contributed by atoms with van der Waals surface area (Å²) in [4.78, 5) is 14.7. The van der Waals surface area contributed by atoms with Gasteiger partial charge in [0.05, 0.1) is 24.1 Å². The van der Waals surface area contributed by atoms with Gasteiger partial charge in [-0.3, -0.25) is 9.62 Å². The number of hydrogen-bond donors (Lipinski definition) is 3. The van der Waals surface area contributed by atoms with E-state index >= 15 is 0 Å². The molecule has 0 unspecified atom stereocenters. The van der Waals surface area contributed by atoms with Crippen LogP contribution in [0.15, 0.2) is 18.2 Å². The molecule has 26 heavy (non-hydrogen) atoms. The summed E-state index contributed by atoms with van der Waals surface area (Å²) >= 11 is 0. The number of carbonyl (C=O) groups excluding carboxylic acids is 1. The Labute approximate surface area is 155 Å². The number of urea groups is 1. The van der Waals surface area contributed by atoms with E-state index in [-0.39, 0.29) is 18.2 Å². The quantitative estimate of drug-likeness (QED) is 0.692. The maximum absolute atomic E-state index is 12.4. The van der Waals surface area contributed by atoms with Gasteiger partial charge in [0.2, 0.25) is 10.0 Å². The fourth-order valence-corrected chi connectivity index (χ4v) is 3.52. The second-order valence-corrected chi connectivity index (χ2v) is 8.68. The third-order valence-corrected chi connectivity index (χ3v) is 5.04. The van der Waals surface area contributed by atoms with Crippen molar-refractivity contribution in [3.63, 3.8) is 0 Å².